The number of aryl methyl sites for hydroxylation is 1. The molecule has 2 aromatic carbocycles. The normalized spacial score (nSPS) is 12.1. The Balaban J connectivity index is 0.00000480. The van der Waals surface area contributed by atoms with E-state index in [1.165, 1.54) is 6.07 Å². The Labute approximate surface area is 201 Å². The van der Waals surface area contributed by atoms with Gasteiger partial charge in [-0.25, -0.2) is 9.38 Å². The zero-order valence-corrected chi connectivity index (χ0v) is 20.7. The molecule has 0 amide bonds. The van der Waals surface area contributed by atoms with Crippen molar-refractivity contribution in [3.05, 3.63) is 65.0 Å². The van der Waals surface area contributed by atoms with Crippen LogP contribution in [0.1, 0.15) is 36.6 Å². The Kier molecular flexibility index (Phi) is 13.1. The van der Waals surface area contributed by atoms with Crippen molar-refractivity contribution >= 4 is 29.9 Å². The van der Waals surface area contributed by atoms with Gasteiger partial charge in [0.2, 0.25) is 0 Å². The molecule has 3 N–H and O–H groups in total. The number of nitrogens with one attached hydrogen (secondary N) is 2. The van der Waals surface area contributed by atoms with Crippen LogP contribution in [-0.4, -0.2) is 44.0 Å². The molecule has 0 radical (unpaired) electrons. The lowest BCUT2D eigenvalue weighted by Crippen LogP contribution is -2.39. The molecule has 0 bridgehead atoms. The molecule has 0 aliphatic heterocycles. The SMILES string of the molecule is CCNC(=NCc1ccc(C)cc1OCCOCC)NCC(O)c1ccccc1F.I. The first-order chi connectivity index (χ1) is 14.5. The number of aliphatic hydroxyl groups is 1. The van der Waals surface area contributed by atoms with Gasteiger partial charge in [-0.05, 0) is 38.5 Å². The molecule has 0 heterocycles. The van der Waals surface area contributed by atoms with Gasteiger partial charge in [0.05, 0.1) is 19.3 Å². The fourth-order valence-electron chi connectivity index (χ4n) is 2.84. The highest BCUT2D eigenvalue weighted by Gasteiger charge is 2.13. The van der Waals surface area contributed by atoms with Crippen LogP contribution in [0.2, 0.25) is 0 Å². The first-order valence-electron chi connectivity index (χ1n) is 10.3. The van der Waals surface area contributed by atoms with E-state index in [0.29, 0.717) is 38.9 Å². The summed E-state index contributed by atoms with van der Waals surface area (Å²) >= 11 is 0. The molecule has 8 heteroatoms. The van der Waals surface area contributed by atoms with Crippen molar-refractivity contribution < 1.29 is 19.0 Å². The van der Waals surface area contributed by atoms with Gasteiger partial charge in [0.25, 0.3) is 0 Å². The number of hydrogen-bond donors (Lipinski definition) is 3. The van der Waals surface area contributed by atoms with Gasteiger partial charge >= 0.3 is 0 Å². The van der Waals surface area contributed by atoms with Crippen LogP contribution in [0.25, 0.3) is 0 Å². The Bertz CT molecular complexity index is 820. The van der Waals surface area contributed by atoms with E-state index in [1.807, 2.05) is 39.0 Å². The molecular weight excluding hydrogens is 512 g/mol. The Morgan fingerprint density at radius 3 is 2.61 bits per heavy atom. The monoisotopic (exact) mass is 545 g/mol. The van der Waals surface area contributed by atoms with Crippen molar-refractivity contribution in [2.75, 3.05) is 32.9 Å². The topological polar surface area (TPSA) is 75.1 Å². The second kappa shape index (κ2) is 15.0. The third-order valence-corrected chi connectivity index (χ3v) is 4.39. The van der Waals surface area contributed by atoms with Crippen LogP contribution in [0.5, 0.6) is 5.75 Å². The summed E-state index contributed by atoms with van der Waals surface area (Å²) in [6, 6.07) is 12.2. The van der Waals surface area contributed by atoms with Crippen LogP contribution in [0.3, 0.4) is 0 Å². The van der Waals surface area contributed by atoms with Gasteiger partial charge in [-0.15, -0.1) is 24.0 Å². The molecule has 0 aliphatic carbocycles. The molecule has 1 atom stereocenters. The van der Waals surface area contributed by atoms with E-state index >= 15 is 0 Å². The average molecular weight is 545 g/mol. The highest BCUT2D eigenvalue weighted by Crippen LogP contribution is 2.21. The van der Waals surface area contributed by atoms with E-state index in [9.17, 15) is 9.50 Å². The van der Waals surface area contributed by atoms with E-state index in [1.54, 1.807) is 18.2 Å². The number of aliphatic hydroxyl groups excluding tert-OH is 1. The van der Waals surface area contributed by atoms with Gasteiger partial charge in [0.1, 0.15) is 18.2 Å². The fourth-order valence-corrected chi connectivity index (χ4v) is 2.84. The maximum Gasteiger partial charge on any atom is 0.191 e. The van der Waals surface area contributed by atoms with E-state index in [0.717, 1.165) is 16.9 Å². The van der Waals surface area contributed by atoms with E-state index in [-0.39, 0.29) is 36.1 Å². The highest BCUT2D eigenvalue weighted by atomic mass is 127. The number of nitrogens with zero attached hydrogens (tertiary/aromatic N) is 1. The number of hydrogen-bond acceptors (Lipinski definition) is 4. The molecule has 2 rings (SSSR count). The zero-order chi connectivity index (χ0) is 21.8. The molecule has 172 valence electrons. The van der Waals surface area contributed by atoms with Crippen LogP contribution < -0.4 is 15.4 Å². The van der Waals surface area contributed by atoms with E-state index in [2.05, 4.69) is 15.6 Å². The molecule has 0 saturated carbocycles. The number of ether oxygens (including phenoxy) is 2. The molecule has 6 nitrogen and oxygen atoms in total. The first kappa shape index (κ1) is 27.1. The fraction of sp³-hybridized carbons (Fsp3) is 0.435. The second-order valence-electron chi connectivity index (χ2n) is 6.77. The van der Waals surface area contributed by atoms with Gasteiger partial charge in [-0.1, -0.05) is 30.3 Å². The lowest BCUT2D eigenvalue weighted by atomic mass is 10.1. The van der Waals surface area contributed by atoms with Crippen molar-refractivity contribution in [1.82, 2.24) is 10.6 Å². The van der Waals surface area contributed by atoms with Gasteiger partial charge in [-0.3, -0.25) is 0 Å². The van der Waals surface area contributed by atoms with Crippen molar-refractivity contribution in [1.29, 1.82) is 0 Å². The summed E-state index contributed by atoms with van der Waals surface area (Å²) in [5, 5.41) is 16.5. The molecule has 0 spiro atoms. The standard InChI is InChI=1S/C23H32FN3O3.HI/c1-4-25-23(27-16-21(28)19-8-6-7-9-20(19)24)26-15-18-11-10-17(3)14-22(18)30-13-12-29-5-2;/h6-11,14,21,28H,4-5,12-13,15-16H2,1-3H3,(H2,25,26,27);1H. The lowest BCUT2D eigenvalue weighted by molar-refractivity contribution is 0.110. The maximum absolute atomic E-state index is 13.9. The molecule has 0 fully saturated rings. The number of rotatable bonds is 11. The quantitative estimate of drug-likeness (QED) is 0.173. The smallest absolute Gasteiger partial charge is 0.191 e. The van der Waals surface area contributed by atoms with Crippen LogP contribution >= 0.6 is 24.0 Å². The third-order valence-electron chi connectivity index (χ3n) is 4.39. The predicted octanol–water partition coefficient (Wildman–Crippen LogP) is 3.96. The number of guanidine groups is 1. The number of benzene rings is 2. The van der Waals surface area contributed by atoms with Crippen molar-refractivity contribution in [2.24, 2.45) is 4.99 Å². The molecule has 1 unspecified atom stereocenters. The third kappa shape index (κ3) is 9.40. The van der Waals surface area contributed by atoms with Crippen LogP contribution in [0.15, 0.2) is 47.5 Å². The minimum absolute atomic E-state index is 0. The van der Waals surface area contributed by atoms with Gasteiger partial charge < -0.3 is 25.2 Å². The Morgan fingerprint density at radius 2 is 1.90 bits per heavy atom. The summed E-state index contributed by atoms with van der Waals surface area (Å²) in [5.41, 5.74) is 2.31. The van der Waals surface area contributed by atoms with Crippen LogP contribution in [0, 0.1) is 12.7 Å². The average Bonchev–Trinajstić information content (AvgIpc) is 2.74. The Morgan fingerprint density at radius 1 is 1.13 bits per heavy atom. The van der Waals surface area contributed by atoms with Crippen LogP contribution in [0.4, 0.5) is 4.39 Å². The summed E-state index contributed by atoms with van der Waals surface area (Å²) < 4.78 is 25.0. The minimum atomic E-state index is -0.980. The molecule has 31 heavy (non-hydrogen) atoms. The molecular formula is C23H33FIN3O3. The Hall–Kier alpha value is -1.91. The van der Waals surface area contributed by atoms with Crippen LogP contribution in [-0.2, 0) is 11.3 Å². The maximum atomic E-state index is 13.9. The summed E-state index contributed by atoms with van der Waals surface area (Å²) in [7, 11) is 0. The van der Waals surface area contributed by atoms with Gasteiger partial charge in [0.15, 0.2) is 5.96 Å². The van der Waals surface area contributed by atoms with Gasteiger partial charge in [-0.2, -0.15) is 0 Å². The molecule has 0 aromatic heterocycles. The summed E-state index contributed by atoms with van der Waals surface area (Å²) in [6.07, 6.45) is -0.980. The van der Waals surface area contributed by atoms with E-state index in [4.69, 9.17) is 9.47 Å². The summed E-state index contributed by atoms with van der Waals surface area (Å²) in [4.78, 5) is 4.58. The van der Waals surface area contributed by atoms with Crippen molar-refractivity contribution in [3.63, 3.8) is 0 Å². The van der Waals surface area contributed by atoms with E-state index < -0.39 is 11.9 Å². The molecule has 0 saturated heterocycles. The lowest BCUT2D eigenvalue weighted by Gasteiger charge is -2.16. The molecule has 0 aliphatic rings. The second-order valence-corrected chi connectivity index (χ2v) is 6.77. The largest absolute Gasteiger partial charge is 0.491 e. The van der Waals surface area contributed by atoms with Crippen molar-refractivity contribution in [2.45, 2.75) is 33.4 Å². The first-order valence-corrected chi connectivity index (χ1v) is 10.3. The zero-order valence-electron chi connectivity index (χ0n) is 18.4. The van der Waals surface area contributed by atoms with Crippen molar-refractivity contribution in [3.8, 4) is 5.75 Å². The highest BCUT2D eigenvalue weighted by molar-refractivity contribution is 14.0. The summed E-state index contributed by atoms with van der Waals surface area (Å²) in [5.74, 6) is 0.886. The minimum Gasteiger partial charge on any atom is -0.491 e. The number of halogens is 2. The molecule has 2 aromatic rings. The summed E-state index contributed by atoms with van der Waals surface area (Å²) in [6.45, 7) is 8.78. The number of aliphatic imine (C=N–C) groups is 1. The predicted molar refractivity (Wildman–Crippen MR) is 133 cm³/mol. The van der Waals surface area contributed by atoms with Gasteiger partial charge in [0, 0.05) is 30.8 Å².